The highest BCUT2D eigenvalue weighted by molar-refractivity contribution is 7.10. The minimum Gasteiger partial charge on any atom is -0.496 e. The van der Waals surface area contributed by atoms with Gasteiger partial charge in [-0.1, -0.05) is 38.1 Å². The zero-order chi connectivity index (χ0) is 28.1. The van der Waals surface area contributed by atoms with E-state index in [0.717, 1.165) is 30.6 Å². The number of ether oxygens (including phenoxy) is 3. The Hall–Kier alpha value is -3.36. The van der Waals surface area contributed by atoms with Crippen LogP contribution in [0.15, 0.2) is 60.0 Å². The van der Waals surface area contributed by atoms with E-state index in [0.29, 0.717) is 43.5 Å². The van der Waals surface area contributed by atoms with E-state index < -0.39 is 0 Å². The predicted molar refractivity (Wildman–Crippen MR) is 156 cm³/mol. The van der Waals surface area contributed by atoms with Crippen molar-refractivity contribution in [2.75, 3.05) is 40.0 Å². The van der Waals surface area contributed by atoms with Gasteiger partial charge >= 0.3 is 0 Å². The molecule has 3 aromatic rings. The van der Waals surface area contributed by atoms with Crippen molar-refractivity contribution in [1.82, 2.24) is 9.80 Å². The number of para-hydroxylation sites is 1. The summed E-state index contributed by atoms with van der Waals surface area (Å²) in [6, 6.07) is 17.2. The Morgan fingerprint density at radius 1 is 1.12 bits per heavy atom. The highest BCUT2D eigenvalue weighted by Crippen LogP contribution is 2.34. The summed E-state index contributed by atoms with van der Waals surface area (Å²) in [7, 11) is 1.55. The quantitative estimate of drug-likeness (QED) is 0.317. The Morgan fingerprint density at radius 3 is 2.65 bits per heavy atom. The molecule has 0 aliphatic carbocycles. The number of nitrogens with zero attached hydrogens (tertiary/aromatic N) is 2. The Bertz CT molecular complexity index is 1300. The van der Waals surface area contributed by atoms with E-state index in [1.165, 1.54) is 10.4 Å². The van der Waals surface area contributed by atoms with Gasteiger partial charge in [-0.15, -0.1) is 11.3 Å². The molecule has 8 heteroatoms. The molecule has 2 aliphatic heterocycles. The molecule has 0 saturated carbocycles. The van der Waals surface area contributed by atoms with Crippen LogP contribution in [0.4, 0.5) is 0 Å². The third kappa shape index (κ3) is 6.34. The molecular formula is C32H38N2O5S. The van der Waals surface area contributed by atoms with Crippen LogP contribution in [0.5, 0.6) is 11.5 Å². The maximum Gasteiger partial charge on any atom is 0.258 e. The maximum atomic E-state index is 14.0. The molecule has 2 aliphatic rings. The van der Waals surface area contributed by atoms with Gasteiger partial charge in [0.15, 0.2) is 0 Å². The van der Waals surface area contributed by atoms with Gasteiger partial charge in [0, 0.05) is 24.6 Å². The minimum absolute atomic E-state index is 0.0319. The summed E-state index contributed by atoms with van der Waals surface area (Å²) >= 11 is 1.72. The van der Waals surface area contributed by atoms with Crippen LogP contribution in [0.3, 0.4) is 0 Å². The normalized spacial score (nSPS) is 18.4. The average Bonchev–Trinajstić information content (AvgIpc) is 3.67. The lowest BCUT2D eigenvalue weighted by Gasteiger charge is -2.37. The second kappa shape index (κ2) is 12.9. The van der Waals surface area contributed by atoms with Crippen LogP contribution in [0.25, 0.3) is 0 Å². The summed E-state index contributed by atoms with van der Waals surface area (Å²) in [5.74, 6) is 1.40. The van der Waals surface area contributed by atoms with Gasteiger partial charge in [0.25, 0.3) is 5.91 Å². The summed E-state index contributed by atoms with van der Waals surface area (Å²) in [5.41, 5.74) is 2.83. The standard InChI is InChI=1S/C32H38N2O5S/c1-22(2)23-10-12-24(13-11-23)39-21-28-26-15-18-40-30(26)14-16-34(28)31(35)20-33(19-25-7-6-17-38-25)32(36)27-8-4-5-9-29(27)37-3/h4-5,8-13,15,18,22,25,28H,6-7,14,16-17,19-21H2,1-3H3. The number of hydrogen-bond acceptors (Lipinski definition) is 6. The van der Waals surface area contributed by atoms with Crippen LogP contribution in [-0.4, -0.2) is 67.7 Å². The number of methoxy groups -OCH3 is 1. The van der Waals surface area contributed by atoms with Crippen molar-refractivity contribution in [3.63, 3.8) is 0 Å². The molecule has 7 nitrogen and oxygen atoms in total. The fraction of sp³-hybridized carbons (Fsp3) is 0.438. The number of fused-ring (bicyclic) bond motifs is 1. The molecule has 0 bridgehead atoms. The van der Waals surface area contributed by atoms with Crippen LogP contribution in [0, 0.1) is 0 Å². The highest BCUT2D eigenvalue weighted by atomic mass is 32.1. The SMILES string of the molecule is COc1ccccc1C(=O)N(CC(=O)N1CCc2sccc2C1COc1ccc(C(C)C)cc1)CC1CCCO1. The molecule has 2 atom stereocenters. The van der Waals surface area contributed by atoms with Crippen molar-refractivity contribution in [3.05, 3.63) is 81.5 Å². The first-order chi connectivity index (χ1) is 19.4. The van der Waals surface area contributed by atoms with Crippen molar-refractivity contribution >= 4 is 23.2 Å². The number of rotatable bonds is 10. The van der Waals surface area contributed by atoms with Crippen LogP contribution < -0.4 is 9.47 Å². The maximum absolute atomic E-state index is 14.0. The first-order valence-corrected chi connectivity index (χ1v) is 14.9. The molecule has 0 radical (unpaired) electrons. The smallest absolute Gasteiger partial charge is 0.258 e. The average molecular weight is 563 g/mol. The lowest BCUT2D eigenvalue weighted by molar-refractivity contribution is -0.135. The molecule has 1 aromatic heterocycles. The third-order valence-corrected chi connectivity index (χ3v) is 8.77. The number of amides is 2. The van der Waals surface area contributed by atoms with Crippen LogP contribution in [-0.2, 0) is 16.0 Å². The summed E-state index contributed by atoms with van der Waals surface area (Å²) in [6.45, 7) is 6.28. The van der Waals surface area contributed by atoms with E-state index in [4.69, 9.17) is 14.2 Å². The van der Waals surface area contributed by atoms with Gasteiger partial charge in [0.1, 0.15) is 24.7 Å². The van der Waals surface area contributed by atoms with Gasteiger partial charge in [-0.3, -0.25) is 9.59 Å². The van der Waals surface area contributed by atoms with Crippen molar-refractivity contribution in [3.8, 4) is 11.5 Å². The lowest BCUT2D eigenvalue weighted by Crippen LogP contribution is -2.49. The van der Waals surface area contributed by atoms with E-state index in [9.17, 15) is 9.59 Å². The van der Waals surface area contributed by atoms with Crippen LogP contribution in [0.1, 0.15) is 65.0 Å². The molecule has 5 rings (SSSR count). The summed E-state index contributed by atoms with van der Waals surface area (Å²) in [6.07, 6.45) is 2.55. The molecule has 3 heterocycles. The molecule has 0 N–H and O–H groups in total. The fourth-order valence-corrected chi connectivity index (χ4v) is 6.43. The van der Waals surface area contributed by atoms with E-state index >= 15 is 0 Å². The molecule has 0 spiro atoms. The molecule has 40 heavy (non-hydrogen) atoms. The zero-order valence-electron chi connectivity index (χ0n) is 23.5. The topological polar surface area (TPSA) is 68.3 Å². The van der Waals surface area contributed by atoms with Crippen LogP contribution >= 0.6 is 11.3 Å². The summed E-state index contributed by atoms with van der Waals surface area (Å²) in [4.78, 5) is 32.5. The van der Waals surface area contributed by atoms with E-state index in [1.807, 2.05) is 29.2 Å². The molecule has 1 fully saturated rings. The Balaban J connectivity index is 1.35. The molecule has 2 aromatic carbocycles. The largest absolute Gasteiger partial charge is 0.496 e. The summed E-state index contributed by atoms with van der Waals surface area (Å²) in [5, 5.41) is 2.08. The van der Waals surface area contributed by atoms with E-state index in [2.05, 4.69) is 37.4 Å². The molecule has 1 saturated heterocycles. The number of benzene rings is 2. The van der Waals surface area contributed by atoms with Gasteiger partial charge in [-0.2, -0.15) is 0 Å². The van der Waals surface area contributed by atoms with Gasteiger partial charge < -0.3 is 24.0 Å². The zero-order valence-corrected chi connectivity index (χ0v) is 24.3. The van der Waals surface area contributed by atoms with Crippen molar-refractivity contribution in [2.24, 2.45) is 0 Å². The Kier molecular flexibility index (Phi) is 9.07. The number of carbonyl (C=O) groups excluding carboxylic acids is 2. The van der Waals surface area contributed by atoms with E-state index in [-0.39, 0.29) is 30.5 Å². The number of hydrogen-bond donors (Lipinski definition) is 0. The Morgan fingerprint density at radius 2 is 1.93 bits per heavy atom. The second-order valence-electron chi connectivity index (χ2n) is 10.7. The Labute approximate surface area is 240 Å². The van der Waals surface area contributed by atoms with Crippen molar-refractivity contribution in [2.45, 2.75) is 51.2 Å². The second-order valence-corrected chi connectivity index (χ2v) is 11.7. The molecular weight excluding hydrogens is 524 g/mol. The van der Waals surface area contributed by atoms with Gasteiger partial charge in [0.05, 0.1) is 24.8 Å². The molecule has 2 amide bonds. The molecule has 212 valence electrons. The van der Waals surface area contributed by atoms with Crippen molar-refractivity contribution < 1.29 is 23.8 Å². The van der Waals surface area contributed by atoms with Crippen molar-refractivity contribution in [1.29, 1.82) is 0 Å². The highest BCUT2D eigenvalue weighted by Gasteiger charge is 2.35. The third-order valence-electron chi connectivity index (χ3n) is 7.77. The van der Waals surface area contributed by atoms with Crippen LogP contribution in [0.2, 0.25) is 0 Å². The van der Waals surface area contributed by atoms with Gasteiger partial charge in [-0.25, -0.2) is 0 Å². The monoisotopic (exact) mass is 562 g/mol. The number of carbonyl (C=O) groups is 2. The number of thiophene rings is 1. The predicted octanol–water partition coefficient (Wildman–Crippen LogP) is 5.71. The first-order valence-electron chi connectivity index (χ1n) is 14.1. The molecule has 2 unspecified atom stereocenters. The lowest BCUT2D eigenvalue weighted by atomic mass is 10.00. The van der Waals surface area contributed by atoms with E-state index in [1.54, 1.807) is 35.5 Å². The fourth-order valence-electron chi connectivity index (χ4n) is 5.50. The van der Waals surface area contributed by atoms with Gasteiger partial charge in [-0.05, 0) is 72.0 Å². The van der Waals surface area contributed by atoms with Gasteiger partial charge in [0.2, 0.25) is 5.91 Å². The minimum atomic E-state index is -0.229. The summed E-state index contributed by atoms with van der Waals surface area (Å²) < 4.78 is 17.6. The first kappa shape index (κ1) is 28.2.